The summed E-state index contributed by atoms with van der Waals surface area (Å²) >= 11 is 1.80. The van der Waals surface area contributed by atoms with Gasteiger partial charge >= 0.3 is 0 Å². The highest BCUT2D eigenvalue weighted by Gasteiger charge is 2.23. The highest BCUT2D eigenvalue weighted by molar-refractivity contribution is 7.10. The average Bonchev–Trinajstić information content (AvgIpc) is 2.98. The molecule has 0 saturated carbocycles. The third-order valence-corrected chi connectivity index (χ3v) is 4.89. The Hall–Kier alpha value is -1.81. The Morgan fingerprint density at radius 3 is 3.05 bits per heavy atom. The minimum Gasteiger partial charge on any atom is -0.385 e. The number of thiophene rings is 1. The van der Waals surface area contributed by atoms with E-state index >= 15 is 0 Å². The number of hydrogen-bond acceptors (Lipinski definition) is 3. The van der Waals surface area contributed by atoms with Gasteiger partial charge in [-0.2, -0.15) is 0 Å². The molecule has 1 aliphatic rings. The molecule has 1 aromatic carbocycles. The summed E-state index contributed by atoms with van der Waals surface area (Å²) < 4.78 is 0. The van der Waals surface area contributed by atoms with E-state index in [0.717, 1.165) is 37.1 Å². The molecule has 110 valence electrons. The highest BCUT2D eigenvalue weighted by Crippen LogP contribution is 2.33. The normalized spacial score (nSPS) is 17.1. The third kappa shape index (κ3) is 2.95. The monoisotopic (exact) mass is 300 g/mol. The van der Waals surface area contributed by atoms with E-state index in [-0.39, 0.29) is 11.9 Å². The summed E-state index contributed by atoms with van der Waals surface area (Å²) in [4.78, 5) is 14.0. The molecule has 2 aromatic rings. The second kappa shape index (κ2) is 6.31. The highest BCUT2D eigenvalue weighted by atomic mass is 32.1. The van der Waals surface area contributed by atoms with Gasteiger partial charge in [0.05, 0.1) is 11.6 Å². The van der Waals surface area contributed by atoms with Crippen LogP contribution in [0.5, 0.6) is 0 Å². The van der Waals surface area contributed by atoms with Crippen molar-refractivity contribution >= 4 is 22.9 Å². The van der Waals surface area contributed by atoms with Crippen molar-refractivity contribution in [2.24, 2.45) is 0 Å². The zero-order valence-electron chi connectivity index (χ0n) is 12.2. The SMILES string of the molecule is CCNc1ccccc1C(=O)NC1CCCc2sccc21. The molecule has 1 aromatic heterocycles. The van der Waals surface area contributed by atoms with Gasteiger partial charge in [0.25, 0.3) is 5.91 Å². The number of para-hydroxylation sites is 1. The van der Waals surface area contributed by atoms with E-state index in [1.807, 2.05) is 31.2 Å². The van der Waals surface area contributed by atoms with Crippen LogP contribution in [0.2, 0.25) is 0 Å². The van der Waals surface area contributed by atoms with Crippen LogP contribution < -0.4 is 10.6 Å². The molecule has 0 radical (unpaired) electrons. The Morgan fingerprint density at radius 1 is 1.33 bits per heavy atom. The van der Waals surface area contributed by atoms with Crippen molar-refractivity contribution in [3.8, 4) is 0 Å². The molecule has 3 rings (SSSR count). The first kappa shape index (κ1) is 14.1. The van der Waals surface area contributed by atoms with E-state index in [2.05, 4.69) is 22.1 Å². The van der Waals surface area contributed by atoms with Crippen LogP contribution in [-0.4, -0.2) is 12.5 Å². The standard InChI is InChI=1S/C17H20N2OS/c1-2-18-14-7-4-3-6-13(14)17(20)19-15-8-5-9-16-12(15)10-11-21-16/h3-4,6-7,10-11,15,18H,2,5,8-9H2,1H3,(H,19,20). The predicted octanol–water partition coefficient (Wildman–Crippen LogP) is 3.99. The summed E-state index contributed by atoms with van der Waals surface area (Å²) in [5.74, 6) is 0.00981. The van der Waals surface area contributed by atoms with Gasteiger partial charge in [0.2, 0.25) is 0 Å². The number of hydrogen-bond donors (Lipinski definition) is 2. The number of carbonyl (C=O) groups excluding carboxylic acids is 1. The summed E-state index contributed by atoms with van der Waals surface area (Å²) in [6.45, 7) is 2.84. The van der Waals surface area contributed by atoms with Gasteiger partial charge in [-0.15, -0.1) is 11.3 Å². The molecule has 0 aliphatic heterocycles. The van der Waals surface area contributed by atoms with Crippen LogP contribution >= 0.6 is 11.3 Å². The van der Waals surface area contributed by atoms with E-state index in [4.69, 9.17) is 0 Å². The molecule has 2 N–H and O–H groups in total. The molecule has 21 heavy (non-hydrogen) atoms. The number of amides is 1. The maximum Gasteiger partial charge on any atom is 0.253 e. The molecular formula is C17H20N2OS. The van der Waals surface area contributed by atoms with Gasteiger partial charge in [-0.25, -0.2) is 0 Å². The van der Waals surface area contributed by atoms with Crippen molar-refractivity contribution in [2.45, 2.75) is 32.2 Å². The summed E-state index contributed by atoms with van der Waals surface area (Å²) in [5.41, 5.74) is 2.93. The van der Waals surface area contributed by atoms with Crippen molar-refractivity contribution in [2.75, 3.05) is 11.9 Å². The maximum atomic E-state index is 12.6. The van der Waals surface area contributed by atoms with Gasteiger partial charge < -0.3 is 10.6 Å². The fourth-order valence-corrected chi connectivity index (χ4v) is 3.89. The third-order valence-electron chi connectivity index (χ3n) is 3.90. The van der Waals surface area contributed by atoms with Gasteiger partial charge in [-0.3, -0.25) is 4.79 Å². The number of rotatable bonds is 4. The molecule has 4 heteroatoms. The Bertz CT molecular complexity index is 635. The topological polar surface area (TPSA) is 41.1 Å². The molecule has 1 amide bonds. The number of aryl methyl sites for hydroxylation is 1. The number of fused-ring (bicyclic) bond motifs is 1. The molecule has 0 fully saturated rings. The molecule has 1 aliphatic carbocycles. The summed E-state index contributed by atoms with van der Waals surface area (Å²) in [6.07, 6.45) is 3.32. The minimum atomic E-state index is 0.00981. The van der Waals surface area contributed by atoms with Gasteiger partial charge in [-0.1, -0.05) is 12.1 Å². The molecule has 1 unspecified atom stereocenters. The van der Waals surface area contributed by atoms with E-state index in [9.17, 15) is 4.79 Å². The zero-order chi connectivity index (χ0) is 14.7. The van der Waals surface area contributed by atoms with E-state index < -0.39 is 0 Å². The fraction of sp³-hybridized carbons (Fsp3) is 0.353. The number of anilines is 1. The summed E-state index contributed by atoms with van der Waals surface area (Å²) in [5, 5.41) is 8.58. The lowest BCUT2D eigenvalue weighted by molar-refractivity contribution is 0.0934. The summed E-state index contributed by atoms with van der Waals surface area (Å²) in [7, 11) is 0. The molecule has 1 heterocycles. The van der Waals surface area contributed by atoms with Gasteiger partial charge in [0.15, 0.2) is 0 Å². The Morgan fingerprint density at radius 2 is 2.19 bits per heavy atom. The summed E-state index contributed by atoms with van der Waals surface area (Å²) in [6, 6.07) is 10.0. The maximum absolute atomic E-state index is 12.6. The molecule has 0 saturated heterocycles. The minimum absolute atomic E-state index is 0.00981. The molecule has 1 atom stereocenters. The van der Waals surface area contributed by atoms with Crippen molar-refractivity contribution in [1.82, 2.24) is 5.32 Å². The molecular weight excluding hydrogens is 280 g/mol. The van der Waals surface area contributed by atoms with E-state index in [1.54, 1.807) is 11.3 Å². The van der Waals surface area contributed by atoms with E-state index in [0.29, 0.717) is 0 Å². The number of nitrogens with one attached hydrogen (secondary N) is 2. The van der Waals surface area contributed by atoms with Gasteiger partial charge in [0.1, 0.15) is 0 Å². The first-order chi connectivity index (χ1) is 10.3. The smallest absolute Gasteiger partial charge is 0.253 e. The second-order valence-corrected chi connectivity index (χ2v) is 6.29. The Kier molecular flexibility index (Phi) is 4.25. The van der Waals surface area contributed by atoms with Crippen LogP contribution in [0, 0.1) is 0 Å². The Balaban J connectivity index is 1.79. The van der Waals surface area contributed by atoms with Gasteiger partial charge in [-0.05, 0) is 55.3 Å². The quantitative estimate of drug-likeness (QED) is 0.896. The van der Waals surface area contributed by atoms with Crippen LogP contribution in [0.25, 0.3) is 0 Å². The average molecular weight is 300 g/mol. The fourth-order valence-electron chi connectivity index (χ4n) is 2.90. The molecule has 0 spiro atoms. The molecule has 3 nitrogen and oxygen atoms in total. The van der Waals surface area contributed by atoms with Crippen LogP contribution in [0.1, 0.15) is 46.6 Å². The van der Waals surface area contributed by atoms with Crippen molar-refractivity contribution in [1.29, 1.82) is 0 Å². The first-order valence-corrected chi connectivity index (χ1v) is 8.37. The van der Waals surface area contributed by atoms with Crippen LogP contribution in [0.4, 0.5) is 5.69 Å². The van der Waals surface area contributed by atoms with Crippen molar-refractivity contribution < 1.29 is 4.79 Å². The lowest BCUT2D eigenvalue weighted by atomic mass is 9.93. The van der Waals surface area contributed by atoms with Crippen LogP contribution in [0.15, 0.2) is 35.7 Å². The molecule has 0 bridgehead atoms. The largest absolute Gasteiger partial charge is 0.385 e. The first-order valence-electron chi connectivity index (χ1n) is 7.49. The Labute approximate surface area is 129 Å². The lowest BCUT2D eigenvalue weighted by Crippen LogP contribution is -2.30. The van der Waals surface area contributed by atoms with Crippen molar-refractivity contribution in [3.05, 3.63) is 51.7 Å². The van der Waals surface area contributed by atoms with Gasteiger partial charge in [0, 0.05) is 17.1 Å². The van der Waals surface area contributed by atoms with Crippen LogP contribution in [-0.2, 0) is 6.42 Å². The number of carbonyl (C=O) groups is 1. The van der Waals surface area contributed by atoms with Crippen LogP contribution in [0.3, 0.4) is 0 Å². The lowest BCUT2D eigenvalue weighted by Gasteiger charge is -2.24. The predicted molar refractivity (Wildman–Crippen MR) is 88.1 cm³/mol. The van der Waals surface area contributed by atoms with Crippen molar-refractivity contribution in [3.63, 3.8) is 0 Å². The second-order valence-electron chi connectivity index (χ2n) is 5.29. The zero-order valence-corrected chi connectivity index (χ0v) is 13.0. The van der Waals surface area contributed by atoms with E-state index in [1.165, 1.54) is 10.4 Å². The number of benzene rings is 1.